The van der Waals surface area contributed by atoms with Gasteiger partial charge in [0.2, 0.25) is 0 Å². The molecule has 0 unspecified atom stereocenters. The van der Waals surface area contributed by atoms with Gasteiger partial charge in [-0.25, -0.2) is 4.99 Å². The first kappa shape index (κ1) is 25.0. The van der Waals surface area contributed by atoms with E-state index >= 15 is 0 Å². The van der Waals surface area contributed by atoms with Crippen molar-refractivity contribution in [2.24, 2.45) is 10.9 Å². The van der Waals surface area contributed by atoms with Gasteiger partial charge in [-0.3, -0.25) is 0 Å². The van der Waals surface area contributed by atoms with E-state index in [0.29, 0.717) is 13.2 Å². The van der Waals surface area contributed by atoms with Crippen molar-refractivity contribution in [2.45, 2.75) is 26.3 Å². The van der Waals surface area contributed by atoms with Crippen LogP contribution in [0.2, 0.25) is 0 Å². The molecule has 1 aromatic rings. The predicted octanol–water partition coefficient (Wildman–Crippen LogP) is 3.07. The Balaban J connectivity index is 0.00000392. The maximum atomic E-state index is 5.94. The van der Waals surface area contributed by atoms with Crippen molar-refractivity contribution in [3.8, 4) is 5.75 Å². The molecule has 7 heteroatoms. The zero-order valence-corrected chi connectivity index (χ0v) is 20.1. The Kier molecular flexibility index (Phi) is 12.5. The smallest absolute Gasteiger partial charge is 0.194 e. The highest BCUT2D eigenvalue weighted by atomic mass is 127. The molecule has 0 radical (unpaired) electrons. The van der Waals surface area contributed by atoms with Gasteiger partial charge in [-0.1, -0.05) is 18.2 Å². The van der Waals surface area contributed by atoms with Crippen LogP contribution < -0.4 is 10.1 Å². The van der Waals surface area contributed by atoms with Crippen molar-refractivity contribution in [3.05, 3.63) is 29.8 Å². The monoisotopic (exact) mass is 504 g/mol. The molecule has 1 aliphatic carbocycles. The van der Waals surface area contributed by atoms with Gasteiger partial charge in [0.15, 0.2) is 5.96 Å². The number of hydrogen-bond donors (Lipinski definition) is 1. The molecule has 0 saturated heterocycles. The molecule has 1 fully saturated rings. The summed E-state index contributed by atoms with van der Waals surface area (Å²) in [5, 5.41) is 3.37. The standard InChI is InChI=1S/C21H36N4O2.HI/c1-5-22-21(25(4)13-14-26-17-18-10-11-18)23-16-19-8-6-7-9-20(19)27-15-12-24(2)3;/h6-9,18H,5,10-17H2,1-4H3,(H,22,23);1H. The summed E-state index contributed by atoms with van der Waals surface area (Å²) in [5.74, 6) is 2.62. The van der Waals surface area contributed by atoms with Crippen LogP contribution in [0.1, 0.15) is 25.3 Å². The van der Waals surface area contributed by atoms with Gasteiger partial charge >= 0.3 is 0 Å². The number of nitrogens with one attached hydrogen (secondary N) is 1. The summed E-state index contributed by atoms with van der Waals surface area (Å²) in [6.07, 6.45) is 2.66. The highest BCUT2D eigenvalue weighted by molar-refractivity contribution is 14.0. The SMILES string of the molecule is CCNC(=NCc1ccccc1OCCN(C)C)N(C)CCOCC1CC1.I. The molecule has 1 aliphatic rings. The van der Waals surface area contributed by atoms with Crippen LogP contribution in [0.25, 0.3) is 0 Å². The Labute approximate surface area is 187 Å². The Hall–Kier alpha value is -1.06. The third-order valence-corrected chi connectivity index (χ3v) is 4.49. The number of ether oxygens (including phenoxy) is 2. The maximum Gasteiger partial charge on any atom is 0.194 e. The van der Waals surface area contributed by atoms with E-state index in [4.69, 9.17) is 14.5 Å². The van der Waals surface area contributed by atoms with E-state index in [1.165, 1.54) is 12.8 Å². The molecule has 0 aliphatic heterocycles. The van der Waals surface area contributed by atoms with E-state index in [1.807, 2.05) is 32.3 Å². The molecule has 160 valence electrons. The van der Waals surface area contributed by atoms with Crippen LogP contribution in [0, 0.1) is 5.92 Å². The first-order valence-electron chi connectivity index (χ1n) is 10.0. The summed E-state index contributed by atoms with van der Waals surface area (Å²) in [4.78, 5) is 9.05. The summed E-state index contributed by atoms with van der Waals surface area (Å²) < 4.78 is 11.7. The lowest BCUT2D eigenvalue weighted by molar-refractivity contribution is 0.115. The van der Waals surface area contributed by atoms with Crippen molar-refractivity contribution < 1.29 is 9.47 Å². The largest absolute Gasteiger partial charge is 0.492 e. The van der Waals surface area contributed by atoms with Gasteiger partial charge in [0.05, 0.1) is 13.2 Å². The van der Waals surface area contributed by atoms with Crippen molar-refractivity contribution in [1.29, 1.82) is 0 Å². The Morgan fingerprint density at radius 1 is 1.14 bits per heavy atom. The number of likely N-dealkylation sites (N-methyl/N-ethyl adjacent to an activating group) is 2. The average Bonchev–Trinajstić information content (AvgIpc) is 3.47. The van der Waals surface area contributed by atoms with Crippen molar-refractivity contribution in [2.75, 3.05) is 60.6 Å². The van der Waals surface area contributed by atoms with E-state index in [-0.39, 0.29) is 24.0 Å². The minimum atomic E-state index is 0. The number of benzene rings is 1. The Morgan fingerprint density at radius 2 is 1.89 bits per heavy atom. The normalized spacial score (nSPS) is 14.0. The van der Waals surface area contributed by atoms with E-state index in [0.717, 1.165) is 56.0 Å². The molecule has 0 amide bonds. The van der Waals surface area contributed by atoms with Crippen LogP contribution in [-0.2, 0) is 11.3 Å². The van der Waals surface area contributed by atoms with Crippen LogP contribution in [0.5, 0.6) is 5.75 Å². The van der Waals surface area contributed by atoms with Crippen LogP contribution in [-0.4, -0.2) is 76.4 Å². The summed E-state index contributed by atoms with van der Waals surface area (Å²) in [5.41, 5.74) is 1.10. The lowest BCUT2D eigenvalue weighted by atomic mass is 10.2. The van der Waals surface area contributed by atoms with Crippen LogP contribution >= 0.6 is 24.0 Å². The maximum absolute atomic E-state index is 5.94. The quantitative estimate of drug-likeness (QED) is 0.205. The molecule has 0 atom stereocenters. The molecular weight excluding hydrogens is 467 g/mol. The van der Waals surface area contributed by atoms with E-state index in [1.54, 1.807) is 0 Å². The fourth-order valence-corrected chi connectivity index (χ4v) is 2.59. The number of guanidine groups is 1. The van der Waals surface area contributed by atoms with Gasteiger partial charge < -0.3 is 24.6 Å². The van der Waals surface area contributed by atoms with Crippen LogP contribution in [0.4, 0.5) is 0 Å². The molecular formula is C21H37IN4O2. The number of aliphatic imine (C=N–C) groups is 1. The fraction of sp³-hybridized carbons (Fsp3) is 0.667. The molecule has 0 heterocycles. The van der Waals surface area contributed by atoms with Gasteiger partial charge in [-0.2, -0.15) is 0 Å². The minimum Gasteiger partial charge on any atom is -0.492 e. The highest BCUT2D eigenvalue weighted by Crippen LogP contribution is 2.28. The zero-order valence-electron chi connectivity index (χ0n) is 17.8. The first-order chi connectivity index (χ1) is 13.1. The van der Waals surface area contributed by atoms with Crippen LogP contribution in [0.3, 0.4) is 0 Å². The molecule has 2 rings (SSSR count). The molecule has 28 heavy (non-hydrogen) atoms. The average molecular weight is 504 g/mol. The van der Waals surface area contributed by atoms with Crippen molar-refractivity contribution >= 4 is 29.9 Å². The van der Waals surface area contributed by atoms with Gasteiger partial charge in [0.1, 0.15) is 12.4 Å². The van der Waals surface area contributed by atoms with Crippen molar-refractivity contribution in [1.82, 2.24) is 15.1 Å². The van der Waals surface area contributed by atoms with Gasteiger partial charge in [-0.05, 0) is 45.8 Å². The molecule has 0 spiro atoms. The first-order valence-corrected chi connectivity index (χ1v) is 10.0. The number of hydrogen-bond acceptors (Lipinski definition) is 4. The lowest BCUT2D eigenvalue weighted by Gasteiger charge is -2.22. The molecule has 6 nitrogen and oxygen atoms in total. The van der Waals surface area contributed by atoms with Gasteiger partial charge in [-0.15, -0.1) is 24.0 Å². The predicted molar refractivity (Wildman–Crippen MR) is 127 cm³/mol. The third-order valence-electron chi connectivity index (χ3n) is 4.49. The Bertz CT molecular complexity index is 579. The molecule has 1 saturated carbocycles. The fourth-order valence-electron chi connectivity index (χ4n) is 2.59. The topological polar surface area (TPSA) is 49.3 Å². The lowest BCUT2D eigenvalue weighted by Crippen LogP contribution is -2.40. The summed E-state index contributed by atoms with van der Waals surface area (Å²) in [6.45, 7) is 7.56. The van der Waals surface area contributed by atoms with Gasteiger partial charge in [0, 0.05) is 38.9 Å². The summed E-state index contributed by atoms with van der Waals surface area (Å²) in [7, 11) is 6.15. The number of para-hydroxylation sites is 1. The molecule has 1 N–H and O–H groups in total. The Morgan fingerprint density at radius 3 is 2.57 bits per heavy atom. The third kappa shape index (κ3) is 9.93. The van der Waals surface area contributed by atoms with E-state index < -0.39 is 0 Å². The van der Waals surface area contributed by atoms with Crippen molar-refractivity contribution in [3.63, 3.8) is 0 Å². The molecule has 0 bridgehead atoms. The number of halogens is 1. The number of rotatable bonds is 12. The van der Waals surface area contributed by atoms with E-state index in [2.05, 4.69) is 35.2 Å². The minimum absolute atomic E-state index is 0. The summed E-state index contributed by atoms with van der Waals surface area (Å²) in [6, 6.07) is 8.14. The molecule has 0 aromatic heterocycles. The second kappa shape index (κ2) is 14.0. The highest BCUT2D eigenvalue weighted by Gasteiger charge is 2.21. The molecule has 1 aromatic carbocycles. The van der Waals surface area contributed by atoms with E-state index in [9.17, 15) is 0 Å². The van der Waals surface area contributed by atoms with Crippen LogP contribution in [0.15, 0.2) is 29.3 Å². The zero-order chi connectivity index (χ0) is 19.5. The van der Waals surface area contributed by atoms with Gasteiger partial charge in [0.25, 0.3) is 0 Å². The number of nitrogens with zero attached hydrogens (tertiary/aromatic N) is 3. The second-order valence-corrected chi connectivity index (χ2v) is 7.37. The second-order valence-electron chi connectivity index (χ2n) is 7.37. The summed E-state index contributed by atoms with van der Waals surface area (Å²) >= 11 is 0.